The summed E-state index contributed by atoms with van der Waals surface area (Å²) in [5.74, 6) is -5.20. The van der Waals surface area contributed by atoms with E-state index < -0.39 is 23.9 Å². The van der Waals surface area contributed by atoms with Crippen LogP contribution in [0.25, 0.3) is 0 Å². The maximum atomic E-state index is 11.0. The monoisotopic (exact) mass is 556 g/mol. The topological polar surface area (TPSA) is 173 Å². The SMILES string of the molecule is O=C([O-])CN1CCN(CC(=O)[O-])CCN(CC(=O)[O-])CCN(CC(=O)[O-])CC1.[K+].[K+].[K+].[K+]. The van der Waals surface area contributed by atoms with Crippen molar-refractivity contribution in [3.8, 4) is 0 Å². The molecule has 1 rings (SSSR count). The molecule has 0 aromatic carbocycles. The van der Waals surface area contributed by atoms with Gasteiger partial charge in [0.15, 0.2) is 0 Å². The molecule has 16 heteroatoms. The van der Waals surface area contributed by atoms with E-state index in [2.05, 4.69) is 0 Å². The maximum Gasteiger partial charge on any atom is 1.00 e. The summed E-state index contributed by atoms with van der Waals surface area (Å²) in [4.78, 5) is 49.9. The van der Waals surface area contributed by atoms with Crippen LogP contribution in [0.4, 0.5) is 0 Å². The third-order valence-electron chi connectivity index (χ3n) is 4.34. The Morgan fingerprint density at radius 1 is 0.406 bits per heavy atom. The fourth-order valence-electron chi connectivity index (χ4n) is 2.94. The minimum absolute atomic E-state index is 0. The van der Waals surface area contributed by atoms with Crippen molar-refractivity contribution in [2.24, 2.45) is 0 Å². The molecule has 0 bridgehead atoms. The Labute approximate surface area is 358 Å². The number of carbonyl (C=O) groups is 4. The summed E-state index contributed by atoms with van der Waals surface area (Å²) in [5, 5.41) is 43.8. The largest absolute Gasteiger partial charge is 1.00 e. The summed E-state index contributed by atoms with van der Waals surface area (Å²) >= 11 is 0. The summed E-state index contributed by atoms with van der Waals surface area (Å²) < 4.78 is 0. The van der Waals surface area contributed by atoms with E-state index >= 15 is 0 Å². The van der Waals surface area contributed by atoms with E-state index in [1.165, 1.54) is 19.6 Å². The standard InChI is InChI=1S/C16H28N4O8.4K/c21-13(22)9-17-1-2-18(10-14(23)24)5-6-20(12-16(27)28)8-7-19(4-3-17)11-15(25)26;;;;/h1-12H2,(H,21,22)(H,23,24)(H,25,26)(H,27,28);;;;/q;4*+1/p-4. The maximum absolute atomic E-state index is 11.0. The molecular formula is C16H24K4N4O8. The van der Waals surface area contributed by atoms with E-state index in [0.29, 0.717) is 0 Å². The second-order valence-electron chi connectivity index (χ2n) is 6.59. The van der Waals surface area contributed by atoms with Gasteiger partial charge in [-0.2, -0.15) is 0 Å². The predicted molar refractivity (Wildman–Crippen MR) is 85.8 cm³/mol. The van der Waals surface area contributed by atoms with Gasteiger partial charge in [0, 0.05) is 78.5 Å². The van der Waals surface area contributed by atoms with E-state index in [4.69, 9.17) is 0 Å². The molecule has 0 aromatic rings. The van der Waals surface area contributed by atoms with Gasteiger partial charge in [0.05, 0.1) is 23.9 Å². The van der Waals surface area contributed by atoms with Gasteiger partial charge in [-0.1, -0.05) is 0 Å². The van der Waals surface area contributed by atoms with Crippen molar-refractivity contribution in [2.45, 2.75) is 0 Å². The van der Waals surface area contributed by atoms with E-state index in [1.807, 2.05) is 0 Å². The Morgan fingerprint density at radius 2 is 0.531 bits per heavy atom. The van der Waals surface area contributed by atoms with Gasteiger partial charge in [0.1, 0.15) is 0 Å². The predicted octanol–water partition coefficient (Wildman–Crippen LogP) is -19.8. The first-order chi connectivity index (χ1) is 13.2. The van der Waals surface area contributed by atoms with Crippen molar-refractivity contribution in [3.05, 3.63) is 0 Å². The van der Waals surface area contributed by atoms with Crippen LogP contribution in [0.15, 0.2) is 0 Å². The molecule has 0 aromatic heterocycles. The molecular weight excluding hydrogens is 533 g/mol. The zero-order valence-electron chi connectivity index (χ0n) is 19.5. The zero-order valence-corrected chi connectivity index (χ0v) is 32.0. The van der Waals surface area contributed by atoms with Gasteiger partial charge in [-0.25, -0.2) is 0 Å². The van der Waals surface area contributed by atoms with Crippen molar-refractivity contribution < 1.29 is 245 Å². The molecule has 1 aliphatic heterocycles. The first-order valence-corrected chi connectivity index (χ1v) is 8.84. The molecule has 0 saturated carbocycles. The molecule has 160 valence electrons. The van der Waals surface area contributed by atoms with Crippen LogP contribution in [0.5, 0.6) is 0 Å². The number of hydrogen-bond donors (Lipinski definition) is 0. The summed E-state index contributed by atoms with van der Waals surface area (Å²) in [5.41, 5.74) is 0. The Balaban J connectivity index is -0.000000980. The number of hydrogen-bond acceptors (Lipinski definition) is 12. The normalized spacial score (nSPS) is 17.0. The molecule has 0 N–H and O–H groups in total. The molecule has 0 atom stereocenters. The Hall–Kier alpha value is 4.27. The number of aliphatic carboxylic acids is 4. The van der Waals surface area contributed by atoms with E-state index in [1.54, 1.807) is 0 Å². The minimum atomic E-state index is -1.30. The molecule has 0 spiro atoms. The van der Waals surface area contributed by atoms with Gasteiger partial charge in [-0.05, 0) is 0 Å². The fraction of sp³-hybridized carbons (Fsp3) is 0.750. The van der Waals surface area contributed by atoms with Crippen LogP contribution in [0.2, 0.25) is 0 Å². The molecule has 0 unspecified atom stereocenters. The van der Waals surface area contributed by atoms with Crippen molar-refractivity contribution in [1.82, 2.24) is 19.6 Å². The average Bonchev–Trinajstić information content (AvgIpc) is 2.55. The van der Waals surface area contributed by atoms with E-state index in [0.717, 1.165) is 0 Å². The van der Waals surface area contributed by atoms with Gasteiger partial charge in [-0.3, -0.25) is 19.6 Å². The smallest absolute Gasteiger partial charge is 0.549 e. The van der Waals surface area contributed by atoms with Crippen molar-refractivity contribution in [3.63, 3.8) is 0 Å². The van der Waals surface area contributed by atoms with E-state index in [9.17, 15) is 39.6 Å². The summed E-state index contributed by atoms with van der Waals surface area (Å²) in [6, 6.07) is 0. The number of nitrogens with zero attached hydrogens (tertiary/aromatic N) is 4. The third kappa shape index (κ3) is 23.4. The van der Waals surface area contributed by atoms with Crippen molar-refractivity contribution >= 4 is 23.9 Å². The second-order valence-corrected chi connectivity index (χ2v) is 6.59. The summed E-state index contributed by atoms with van der Waals surface area (Å²) in [6.45, 7) is 0.155. The molecule has 0 aliphatic carbocycles. The van der Waals surface area contributed by atoms with Crippen LogP contribution in [0, 0.1) is 0 Å². The summed E-state index contributed by atoms with van der Waals surface area (Å²) in [7, 11) is 0. The van der Waals surface area contributed by atoms with Gasteiger partial charge in [0.2, 0.25) is 0 Å². The van der Waals surface area contributed by atoms with Crippen molar-refractivity contribution in [1.29, 1.82) is 0 Å². The molecule has 1 saturated heterocycles. The van der Waals surface area contributed by atoms with Gasteiger partial charge >= 0.3 is 206 Å². The number of carbonyl (C=O) groups excluding carboxylic acids is 4. The summed E-state index contributed by atoms with van der Waals surface area (Å²) in [6.07, 6.45) is 0. The van der Waals surface area contributed by atoms with E-state index in [-0.39, 0.29) is 284 Å². The number of rotatable bonds is 8. The fourth-order valence-corrected chi connectivity index (χ4v) is 2.94. The zero-order chi connectivity index (χ0) is 21.1. The Bertz CT molecular complexity index is 464. The van der Waals surface area contributed by atoms with Crippen LogP contribution >= 0.6 is 0 Å². The number of carboxylic acids is 4. The molecule has 1 fully saturated rings. The van der Waals surface area contributed by atoms with Crippen molar-refractivity contribution in [2.75, 3.05) is 78.5 Å². The molecule has 1 aliphatic rings. The van der Waals surface area contributed by atoms with Crippen LogP contribution in [-0.4, -0.2) is 122 Å². The second kappa shape index (κ2) is 25.5. The van der Waals surface area contributed by atoms with Crippen LogP contribution < -0.4 is 226 Å². The van der Waals surface area contributed by atoms with Crippen LogP contribution in [0.1, 0.15) is 0 Å². The van der Waals surface area contributed by atoms with Crippen LogP contribution in [0.3, 0.4) is 0 Å². The molecule has 0 radical (unpaired) electrons. The number of carboxylic acid groups (broad SMARTS) is 4. The third-order valence-corrected chi connectivity index (χ3v) is 4.34. The Kier molecular flexibility index (Phi) is 34.6. The average molecular weight is 557 g/mol. The molecule has 0 amide bonds. The quantitative estimate of drug-likeness (QED) is 0.259. The minimum Gasteiger partial charge on any atom is -0.549 e. The molecule has 32 heavy (non-hydrogen) atoms. The molecule has 1 heterocycles. The first-order valence-electron chi connectivity index (χ1n) is 8.84. The van der Waals surface area contributed by atoms with Crippen LogP contribution in [-0.2, 0) is 19.2 Å². The van der Waals surface area contributed by atoms with Gasteiger partial charge in [-0.15, -0.1) is 0 Å². The molecule has 12 nitrogen and oxygen atoms in total. The van der Waals surface area contributed by atoms with Gasteiger partial charge in [0.25, 0.3) is 0 Å². The van der Waals surface area contributed by atoms with Gasteiger partial charge < -0.3 is 39.6 Å². The Morgan fingerprint density at radius 3 is 0.625 bits per heavy atom. The first kappa shape index (κ1) is 43.3.